The molecule has 0 aliphatic carbocycles. The molecule has 26 heavy (non-hydrogen) atoms. The Kier molecular flexibility index (Phi) is 6.04. The Bertz CT molecular complexity index is 843. The van der Waals surface area contributed by atoms with E-state index in [2.05, 4.69) is 10.3 Å². The highest BCUT2D eigenvalue weighted by atomic mass is 16.5. The molecule has 0 bridgehead atoms. The molecule has 0 saturated heterocycles. The predicted octanol–water partition coefficient (Wildman–Crippen LogP) is 3.66. The number of hydrogen-bond donors (Lipinski definition) is 1. The van der Waals surface area contributed by atoms with Gasteiger partial charge in [0, 0.05) is 25.4 Å². The summed E-state index contributed by atoms with van der Waals surface area (Å²) in [5.41, 5.74) is 2.10. The Morgan fingerprint density at radius 2 is 1.88 bits per heavy atom. The molecule has 0 aliphatic heterocycles. The van der Waals surface area contributed by atoms with Crippen LogP contribution in [0.4, 0.5) is 0 Å². The smallest absolute Gasteiger partial charge is 0.220 e. The van der Waals surface area contributed by atoms with Crippen molar-refractivity contribution in [2.75, 3.05) is 6.61 Å². The van der Waals surface area contributed by atoms with Gasteiger partial charge in [-0.05, 0) is 37.1 Å². The molecule has 5 heteroatoms. The van der Waals surface area contributed by atoms with Gasteiger partial charge in [-0.2, -0.15) is 0 Å². The second-order valence-corrected chi connectivity index (χ2v) is 6.01. The molecule has 0 fully saturated rings. The van der Waals surface area contributed by atoms with Crippen molar-refractivity contribution >= 4 is 5.91 Å². The van der Waals surface area contributed by atoms with E-state index in [1.807, 2.05) is 72.3 Å². The molecule has 0 unspecified atom stereocenters. The normalized spacial score (nSPS) is 10.5. The minimum absolute atomic E-state index is 0.0267. The number of aryl methyl sites for hydroxylation is 1. The lowest BCUT2D eigenvalue weighted by atomic mass is 10.1. The van der Waals surface area contributed by atoms with E-state index in [0.29, 0.717) is 26.0 Å². The number of rotatable bonds is 8. The van der Waals surface area contributed by atoms with Gasteiger partial charge >= 0.3 is 0 Å². The average molecular weight is 349 g/mol. The Morgan fingerprint density at radius 3 is 2.65 bits per heavy atom. The molecule has 3 rings (SSSR count). The maximum Gasteiger partial charge on any atom is 0.220 e. The van der Waals surface area contributed by atoms with Gasteiger partial charge in [0.25, 0.3) is 0 Å². The predicted molar refractivity (Wildman–Crippen MR) is 101 cm³/mol. The second-order valence-electron chi connectivity index (χ2n) is 6.01. The van der Waals surface area contributed by atoms with E-state index in [1.54, 1.807) is 6.20 Å². The molecule has 5 nitrogen and oxygen atoms in total. The monoisotopic (exact) mass is 349 g/mol. The van der Waals surface area contributed by atoms with Crippen LogP contribution in [0.25, 0.3) is 5.69 Å². The summed E-state index contributed by atoms with van der Waals surface area (Å²) in [5, 5.41) is 2.99. The van der Waals surface area contributed by atoms with Crippen molar-refractivity contribution in [3.8, 4) is 11.4 Å². The van der Waals surface area contributed by atoms with E-state index >= 15 is 0 Å². The van der Waals surface area contributed by atoms with Gasteiger partial charge in [-0.3, -0.25) is 4.79 Å². The highest BCUT2D eigenvalue weighted by molar-refractivity contribution is 5.76. The summed E-state index contributed by atoms with van der Waals surface area (Å²) in [6.45, 7) is 2.98. The fraction of sp³-hybridized carbons (Fsp3) is 0.238. The van der Waals surface area contributed by atoms with Crippen molar-refractivity contribution in [2.45, 2.75) is 26.3 Å². The number of ether oxygens (including phenoxy) is 1. The van der Waals surface area contributed by atoms with Gasteiger partial charge < -0.3 is 14.6 Å². The van der Waals surface area contributed by atoms with Crippen LogP contribution in [0.15, 0.2) is 67.0 Å². The molecule has 2 aromatic carbocycles. The van der Waals surface area contributed by atoms with Crippen LogP contribution in [-0.4, -0.2) is 22.1 Å². The number of carbonyl (C=O) groups is 1. The van der Waals surface area contributed by atoms with E-state index in [9.17, 15) is 4.79 Å². The maximum atomic E-state index is 12.1. The lowest BCUT2D eigenvalue weighted by molar-refractivity contribution is -0.121. The molecule has 0 atom stereocenters. The summed E-state index contributed by atoms with van der Waals surface area (Å²) in [5.74, 6) is 1.78. The number of benzene rings is 2. The third kappa shape index (κ3) is 4.72. The zero-order chi connectivity index (χ0) is 18.2. The lowest BCUT2D eigenvalue weighted by Gasteiger charge is -2.13. The van der Waals surface area contributed by atoms with E-state index in [4.69, 9.17) is 4.74 Å². The quantitative estimate of drug-likeness (QED) is 0.632. The zero-order valence-corrected chi connectivity index (χ0v) is 14.9. The van der Waals surface area contributed by atoms with Crippen LogP contribution >= 0.6 is 0 Å². The van der Waals surface area contributed by atoms with Crippen LogP contribution in [0.2, 0.25) is 0 Å². The number of amides is 1. The number of hydrogen-bond acceptors (Lipinski definition) is 3. The number of carbonyl (C=O) groups excluding carboxylic acids is 1. The van der Waals surface area contributed by atoms with Crippen molar-refractivity contribution in [2.24, 2.45) is 0 Å². The molecule has 0 spiro atoms. The standard InChI is InChI=1S/C21H23N3O2/c1-17-22-13-14-24(17)20-11-6-5-8-18(20)16-23-21(25)12-7-15-26-19-9-3-2-4-10-19/h2-6,8-11,13-14H,7,12,15-16H2,1H3,(H,23,25). The third-order valence-corrected chi connectivity index (χ3v) is 4.11. The fourth-order valence-corrected chi connectivity index (χ4v) is 2.75. The Hall–Kier alpha value is -3.08. The van der Waals surface area contributed by atoms with Crippen molar-refractivity contribution in [1.82, 2.24) is 14.9 Å². The van der Waals surface area contributed by atoms with Gasteiger partial charge in [-0.1, -0.05) is 36.4 Å². The van der Waals surface area contributed by atoms with Crippen molar-refractivity contribution in [3.63, 3.8) is 0 Å². The van der Waals surface area contributed by atoms with E-state index in [-0.39, 0.29) is 5.91 Å². The summed E-state index contributed by atoms with van der Waals surface area (Å²) in [6, 6.07) is 17.7. The number of aromatic nitrogens is 2. The molecule has 0 saturated carbocycles. The summed E-state index contributed by atoms with van der Waals surface area (Å²) >= 11 is 0. The van der Waals surface area contributed by atoms with Gasteiger partial charge in [-0.15, -0.1) is 0 Å². The summed E-state index contributed by atoms with van der Waals surface area (Å²) in [6.07, 6.45) is 4.83. The Balaban J connectivity index is 1.47. The van der Waals surface area contributed by atoms with Gasteiger partial charge in [0.2, 0.25) is 5.91 Å². The summed E-state index contributed by atoms with van der Waals surface area (Å²) in [7, 11) is 0. The highest BCUT2D eigenvalue weighted by Crippen LogP contribution is 2.16. The van der Waals surface area contributed by atoms with Crippen LogP contribution in [0.1, 0.15) is 24.2 Å². The molecule has 0 aliphatic rings. The van der Waals surface area contributed by atoms with Gasteiger partial charge in [0.05, 0.1) is 12.3 Å². The molecular weight excluding hydrogens is 326 g/mol. The van der Waals surface area contributed by atoms with Crippen molar-refractivity contribution < 1.29 is 9.53 Å². The first-order chi connectivity index (χ1) is 12.7. The van der Waals surface area contributed by atoms with Crippen LogP contribution in [-0.2, 0) is 11.3 Å². The van der Waals surface area contributed by atoms with Crippen LogP contribution in [0, 0.1) is 6.92 Å². The Labute approximate surface area is 153 Å². The van der Waals surface area contributed by atoms with Gasteiger partial charge in [0.15, 0.2) is 0 Å². The number of nitrogens with one attached hydrogen (secondary N) is 1. The van der Waals surface area contributed by atoms with Crippen LogP contribution in [0.5, 0.6) is 5.75 Å². The molecule has 3 aromatic rings. The first kappa shape index (κ1) is 17.7. The summed E-state index contributed by atoms with van der Waals surface area (Å²) < 4.78 is 7.63. The van der Waals surface area contributed by atoms with Crippen LogP contribution < -0.4 is 10.1 Å². The molecule has 1 N–H and O–H groups in total. The third-order valence-electron chi connectivity index (χ3n) is 4.11. The van der Waals surface area contributed by atoms with Gasteiger partial charge in [-0.25, -0.2) is 4.98 Å². The molecule has 1 aromatic heterocycles. The van der Waals surface area contributed by atoms with Crippen LogP contribution in [0.3, 0.4) is 0 Å². The van der Waals surface area contributed by atoms with Crippen molar-refractivity contribution in [3.05, 3.63) is 78.4 Å². The molecule has 134 valence electrons. The topological polar surface area (TPSA) is 56.2 Å². The summed E-state index contributed by atoms with van der Waals surface area (Å²) in [4.78, 5) is 16.4. The van der Waals surface area contributed by atoms with E-state index in [1.165, 1.54) is 0 Å². The molecule has 1 amide bonds. The zero-order valence-electron chi connectivity index (χ0n) is 14.9. The average Bonchev–Trinajstić information content (AvgIpc) is 3.10. The number of para-hydroxylation sites is 2. The fourth-order valence-electron chi connectivity index (χ4n) is 2.75. The molecule has 1 heterocycles. The Morgan fingerprint density at radius 1 is 1.12 bits per heavy atom. The SMILES string of the molecule is Cc1nccn1-c1ccccc1CNC(=O)CCCOc1ccccc1. The number of imidazole rings is 1. The maximum absolute atomic E-state index is 12.1. The van der Waals surface area contributed by atoms with E-state index in [0.717, 1.165) is 22.8 Å². The largest absolute Gasteiger partial charge is 0.494 e. The van der Waals surface area contributed by atoms with Gasteiger partial charge in [0.1, 0.15) is 11.6 Å². The number of nitrogens with zero attached hydrogens (tertiary/aromatic N) is 2. The van der Waals surface area contributed by atoms with Crippen molar-refractivity contribution in [1.29, 1.82) is 0 Å². The first-order valence-corrected chi connectivity index (χ1v) is 8.77. The second kappa shape index (κ2) is 8.85. The minimum atomic E-state index is 0.0267. The van der Waals surface area contributed by atoms with E-state index < -0.39 is 0 Å². The minimum Gasteiger partial charge on any atom is -0.494 e. The highest BCUT2D eigenvalue weighted by Gasteiger charge is 2.08. The molecule has 0 radical (unpaired) electrons. The lowest BCUT2D eigenvalue weighted by Crippen LogP contribution is -2.23. The molecular formula is C21H23N3O2. The first-order valence-electron chi connectivity index (χ1n) is 8.77.